The fraction of sp³-hybridized carbons (Fsp3) is 0.538. The van der Waals surface area contributed by atoms with Crippen LogP contribution in [0.3, 0.4) is 0 Å². The predicted molar refractivity (Wildman–Crippen MR) is 60.7 cm³/mol. The van der Waals surface area contributed by atoms with Gasteiger partial charge in [0.2, 0.25) is 0 Å². The zero-order chi connectivity index (χ0) is 10.9. The molecule has 1 nitrogen and oxygen atoms in total. The summed E-state index contributed by atoms with van der Waals surface area (Å²) in [4.78, 5) is 0. The molecular formula is C13H18FN. The molecule has 2 N–H and O–H groups in total. The van der Waals surface area contributed by atoms with Crippen molar-refractivity contribution in [2.24, 2.45) is 5.73 Å². The Morgan fingerprint density at radius 3 is 2.73 bits per heavy atom. The Balaban J connectivity index is 2.11. The van der Waals surface area contributed by atoms with E-state index in [0.717, 1.165) is 24.8 Å². The van der Waals surface area contributed by atoms with Crippen LogP contribution in [-0.2, 0) is 0 Å². The van der Waals surface area contributed by atoms with Gasteiger partial charge in [0, 0.05) is 11.5 Å². The molecule has 1 atom stereocenters. The van der Waals surface area contributed by atoms with Crippen LogP contribution in [0, 0.1) is 6.92 Å². The van der Waals surface area contributed by atoms with E-state index in [1.54, 1.807) is 0 Å². The maximum atomic E-state index is 13.0. The molecule has 0 saturated heterocycles. The standard InChI is InChI=1S/C13H18FN/c1-10-3-2-4-11(7-10)12(9-14)8-13(15)5-6-13/h2-4,7,12H,5-6,8-9,15H2,1H3. The molecule has 1 saturated carbocycles. The largest absolute Gasteiger partial charge is 0.325 e. The first-order valence-corrected chi connectivity index (χ1v) is 5.54. The number of halogens is 1. The second-order valence-corrected chi connectivity index (χ2v) is 4.83. The Bertz CT molecular complexity index is 344. The first-order valence-electron chi connectivity index (χ1n) is 5.54. The van der Waals surface area contributed by atoms with Crippen LogP contribution < -0.4 is 5.73 Å². The van der Waals surface area contributed by atoms with Crippen molar-refractivity contribution in [1.29, 1.82) is 0 Å². The number of aryl methyl sites for hydroxylation is 1. The van der Waals surface area contributed by atoms with Crippen molar-refractivity contribution < 1.29 is 4.39 Å². The first-order chi connectivity index (χ1) is 7.13. The number of rotatable bonds is 4. The van der Waals surface area contributed by atoms with E-state index < -0.39 is 0 Å². The smallest absolute Gasteiger partial charge is 0.0963 e. The van der Waals surface area contributed by atoms with Gasteiger partial charge in [-0.25, -0.2) is 0 Å². The van der Waals surface area contributed by atoms with Crippen molar-refractivity contribution in [3.05, 3.63) is 35.4 Å². The van der Waals surface area contributed by atoms with E-state index in [1.807, 2.05) is 25.1 Å². The van der Waals surface area contributed by atoms with Gasteiger partial charge in [-0.2, -0.15) is 0 Å². The number of nitrogens with two attached hydrogens (primary N) is 1. The van der Waals surface area contributed by atoms with Crippen LogP contribution in [0.2, 0.25) is 0 Å². The van der Waals surface area contributed by atoms with Crippen molar-refractivity contribution >= 4 is 0 Å². The summed E-state index contributed by atoms with van der Waals surface area (Å²) in [5, 5.41) is 0. The second kappa shape index (κ2) is 3.93. The fourth-order valence-corrected chi connectivity index (χ4v) is 2.04. The lowest BCUT2D eigenvalue weighted by molar-refractivity contribution is 0.388. The Hall–Kier alpha value is -0.890. The zero-order valence-electron chi connectivity index (χ0n) is 9.17. The number of hydrogen-bond donors (Lipinski definition) is 1. The number of alkyl halides is 1. The highest BCUT2D eigenvalue weighted by molar-refractivity contribution is 5.26. The maximum Gasteiger partial charge on any atom is 0.0963 e. The lowest BCUT2D eigenvalue weighted by atomic mass is 9.91. The molecule has 1 aliphatic carbocycles. The van der Waals surface area contributed by atoms with Crippen molar-refractivity contribution in [2.45, 2.75) is 37.6 Å². The molecule has 82 valence electrons. The van der Waals surface area contributed by atoms with Crippen molar-refractivity contribution in [1.82, 2.24) is 0 Å². The van der Waals surface area contributed by atoms with Crippen LogP contribution in [0.25, 0.3) is 0 Å². The SMILES string of the molecule is Cc1cccc(C(CF)CC2(N)CC2)c1. The predicted octanol–water partition coefficient (Wildman–Crippen LogP) is 2.93. The minimum atomic E-state index is -0.303. The summed E-state index contributed by atoms with van der Waals surface area (Å²) >= 11 is 0. The summed E-state index contributed by atoms with van der Waals surface area (Å²) in [6.45, 7) is 1.73. The van der Waals surface area contributed by atoms with Gasteiger partial charge in [0.1, 0.15) is 0 Å². The Kier molecular flexibility index (Phi) is 2.79. The zero-order valence-corrected chi connectivity index (χ0v) is 9.17. The highest BCUT2D eigenvalue weighted by Gasteiger charge is 2.40. The Morgan fingerprint density at radius 2 is 2.20 bits per heavy atom. The van der Waals surface area contributed by atoms with E-state index in [0.29, 0.717) is 0 Å². The van der Waals surface area contributed by atoms with Gasteiger partial charge in [-0.15, -0.1) is 0 Å². The summed E-state index contributed by atoms with van der Waals surface area (Å²) in [5.74, 6) is -0.0163. The minimum absolute atomic E-state index is 0.0163. The van der Waals surface area contributed by atoms with Gasteiger partial charge in [-0.3, -0.25) is 4.39 Å². The molecule has 1 aromatic rings. The molecule has 0 bridgehead atoms. The summed E-state index contributed by atoms with van der Waals surface area (Å²) in [6.07, 6.45) is 2.89. The molecule has 1 unspecified atom stereocenters. The topological polar surface area (TPSA) is 26.0 Å². The fourth-order valence-electron chi connectivity index (χ4n) is 2.04. The van der Waals surface area contributed by atoms with Crippen LogP contribution in [0.1, 0.15) is 36.3 Å². The van der Waals surface area contributed by atoms with E-state index in [9.17, 15) is 4.39 Å². The molecular weight excluding hydrogens is 189 g/mol. The van der Waals surface area contributed by atoms with E-state index in [1.165, 1.54) is 5.56 Å². The molecule has 1 aromatic carbocycles. The van der Waals surface area contributed by atoms with E-state index in [4.69, 9.17) is 5.73 Å². The summed E-state index contributed by atoms with van der Waals surface area (Å²) in [5.41, 5.74) is 8.24. The molecule has 15 heavy (non-hydrogen) atoms. The van der Waals surface area contributed by atoms with Crippen molar-refractivity contribution in [3.8, 4) is 0 Å². The van der Waals surface area contributed by atoms with Gasteiger partial charge < -0.3 is 5.73 Å². The highest BCUT2D eigenvalue weighted by Crippen LogP contribution is 2.41. The maximum absolute atomic E-state index is 13.0. The summed E-state index contributed by atoms with van der Waals surface area (Å²) in [6, 6.07) is 8.09. The van der Waals surface area contributed by atoms with E-state index >= 15 is 0 Å². The van der Waals surface area contributed by atoms with Gasteiger partial charge >= 0.3 is 0 Å². The summed E-state index contributed by atoms with van der Waals surface area (Å²) in [7, 11) is 0. The van der Waals surface area contributed by atoms with Crippen LogP contribution in [0.15, 0.2) is 24.3 Å². The quantitative estimate of drug-likeness (QED) is 0.807. The highest BCUT2D eigenvalue weighted by atomic mass is 19.1. The minimum Gasteiger partial charge on any atom is -0.325 e. The normalized spacial score (nSPS) is 19.9. The number of hydrogen-bond acceptors (Lipinski definition) is 1. The molecule has 1 fully saturated rings. The molecule has 0 amide bonds. The third kappa shape index (κ3) is 2.57. The lowest BCUT2D eigenvalue weighted by Crippen LogP contribution is -2.25. The number of benzene rings is 1. The molecule has 2 rings (SSSR count). The second-order valence-electron chi connectivity index (χ2n) is 4.83. The van der Waals surface area contributed by atoms with Crippen LogP contribution in [0.4, 0.5) is 4.39 Å². The van der Waals surface area contributed by atoms with E-state index in [-0.39, 0.29) is 18.1 Å². The average Bonchev–Trinajstić information content (AvgIpc) is 2.93. The first kappa shape index (κ1) is 10.6. The lowest BCUT2D eigenvalue weighted by Gasteiger charge is -2.18. The molecule has 0 aromatic heterocycles. The van der Waals surface area contributed by atoms with Gasteiger partial charge in [0.25, 0.3) is 0 Å². The van der Waals surface area contributed by atoms with Crippen LogP contribution >= 0.6 is 0 Å². The Labute approximate surface area is 90.5 Å². The van der Waals surface area contributed by atoms with Gasteiger partial charge in [-0.1, -0.05) is 29.8 Å². The van der Waals surface area contributed by atoms with Gasteiger partial charge in [0.05, 0.1) is 6.67 Å². The molecule has 0 heterocycles. The molecule has 1 aliphatic rings. The van der Waals surface area contributed by atoms with Crippen LogP contribution in [-0.4, -0.2) is 12.2 Å². The summed E-state index contributed by atoms with van der Waals surface area (Å²) < 4.78 is 13.0. The Morgan fingerprint density at radius 1 is 1.47 bits per heavy atom. The van der Waals surface area contributed by atoms with Crippen molar-refractivity contribution in [3.63, 3.8) is 0 Å². The van der Waals surface area contributed by atoms with Crippen molar-refractivity contribution in [2.75, 3.05) is 6.67 Å². The van der Waals surface area contributed by atoms with Crippen LogP contribution in [0.5, 0.6) is 0 Å². The van der Waals surface area contributed by atoms with E-state index in [2.05, 4.69) is 6.07 Å². The van der Waals surface area contributed by atoms with Gasteiger partial charge in [0.15, 0.2) is 0 Å². The molecule has 0 radical (unpaired) electrons. The van der Waals surface area contributed by atoms with Gasteiger partial charge in [-0.05, 0) is 31.7 Å². The monoisotopic (exact) mass is 207 g/mol. The molecule has 2 heteroatoms. The molecule has 0 spiro atoms. The molecule has 0 aliphatic heterocycles. The third-order valence-corrected chi connectivity index (χ3v) is 3.24. The third-order valence-electron chi connectivity index (χ3n) is 3.24. The average molecular weight is 207 g/mol.